The molecule has 0 bridgehead atoms. The molecule has 0 unspecified atom stereocenters. The second-order valence-electron chi connectivity index (χ2n) is 6.37. The van der Waals surface area contributed by atoms with Gasteiger partial charge in [0.25, 0.3) is 0 Å². The topological polar surface area (TPSA) is 64.6 Å². The molecule has 1 aromatic carbocycles. The number of rotatable bonds is 3. The van der Waals surface area contributed by atoms with Crippen molar-refractivity contribution in [3.8, 4) is 11.5 Å². The largest absolute Gasteiger partial charge is 0.490 e. The molecule has 0 atom stereocenters. The Morgan fingerprint density at radius 1 is 1.00 bits per heavy atom. The lowest BCUT2D eigenvalue weighted by molar-refractivity contribution is -0.182. The Morgan fingerprint density at radius 2 is 1.64 bits per heavy atom. The molecule has 1 aliphatic heterocycles. The Hall–Kier alpha value is -1.48. The summed E-state index contributed by atoms with van der Waals surface area (Å²) in [5.41, 5.74) is 0. The number of hydrogen-bond acceptors (Lipinski definition) is 4. The normalized spacial score (nSPS) is 24.6. The zero-order valence-corrected chi connectivity index (χ0v) is 14.3. The summed E-state index contributed by atoms with van der Waals surface area (Å²) < 4.78 is 76.6. The average Bonchev–Trinajstić information content (AvgIpc) is 2.78. The molecule has 2 aliphatic rings. The molecule has 1 heterocycles. The van der Waals surface area contributed by atoms with Crippen LogP contribution in [0.5, 0.6) is 11.5 Å². The van der Waals surface area contributed by atoms with E-state index in [-0.39, 0.29) is 30.6 Å². The monoisotopic (exact) mass is 379 g/mol. The first-order chi connectivity index (χ1) is 11.8. The van der Waals surface area contributed by atoms with Gasteiger partial charge in [0.05, 0.1) is 24.0 Å². The second kappa shape index (κ2) is 7.03. The van der Waals surface area contributed by atoms with Gasteiger partial charge in [-0.3, -0.25) is 0 Å². The van der Waals surface area contributed by atoms with E-state index in [1.165, 1.54) is 18.2 Å². The van der Waals surface area contributed by atoms with Crippen LogP contribution in [-0.4, -0.2) is 33.8 Å². The number of ether oxygens (including phenoxy) is 2. The van der Waals surface area contributed by atoms with Crippen LogP contribution in [0, 0.1) is 5.92 Å². The third-order valence-electron chi connectivity index (χ3n) is 4.54. The number of sulfonamides is 1. The van der Waals surface area contributed by atoms with Gasteiger partial charge in [0.1, 0.15) is 0 Å². The fourth-order valence-corrected chi connectivity index (χ4v) is 4.46. The number of hydrogen-bond donors (Lipinski definition) is 1. The molecule has 9 heteroatoms. The standard InChI is InChI=1S/C16H20F3NO4S/c17-16(18,19)11-2-4-12(5-3-11)20-25(21,22)13-6-7-14-15(10-13)24-9-1-8-23-14/h6-7,10-12,20H,1-5,8-9H2. The molecular weight excluding hydrogens is 359 g/mol. The number of halogens is 3. The van der Waals surface area contributed by atoms with Crippen LogP contribution in [0.4, 0.5) is 13.2 Å². The number of nitrogens with one attached hydrogen (secondary N) is 1. The molecule has 1 N–H and O–H groups in total. The van der Waals surface area contributed by atoms with E-state index in [0.29, 0.717) is 31.1 Å². The molecule has 0 spiro atoms. The van der Waals surface area contributed by atoms with Crippen molar-refractivity contribution in [2.75, 3.05) is 13.2 Å². The van der Waals surface area contributed by atoms with Crippen molar-refractivity contribution >= 4 is 10.0 Å². The summed E-state index contributed by atoms with van der Waals surface area (Å²) in [5, 5.41) is 0. The van der Waals surface area contributed by atoms with Crippen LogP contribution >= 0.6 is 0 Å². The van der Waals surface area contributed by atoms with Crippen LogP contribution in [0.15, 0.2) is 23.1 Å². The van der Waals surface area contributed by atoms with Crippen LogP contribution in [0.3, 0.4) is 0 Å². The molecule has 3 rings (SSSR count). The highest BCUT2D eigenvalue weighted by Gasteiger charge is 2.41. The van der Waals surface area contributed by atoms with E-state index in [1.807, 2.05) is 0 Å². The van der Waals surface area contributed by atoms with E-state index in [9.17, 15) is 21.6 Å². The Bertz CT molecular complexity index is 713. The minimum atomic E-state index is -4.21. The van der Waals surface area contributed by atoms with E-state index >= 15 is 0 Å². The van der Waals surface area contributed by atoms with Gasteiger partial charge in [-0.25, -0.2) is 13.1 Å². The highest BCUT2D eigenvalue weighted by atomic mass is 32.2. The lowest BCUT2D eigenvalue weighted by Gasteiger charge is -2.30. The minimum absolute atomic E-state index is 0.0229. The van der Waals surface area contributed by atoms with Gasteiger partial charge >= 0.3 is 6.18 Å². The van der Waals surface area contributed by atoms with Crippen LogP contribution in [0.25, 0.3) is 0 Å². The molecule has 1 aromatic rings. The fourth-order valence-electron chi connectivity index (χ4n) is 3.14. The van der Waals surface area contributed by atoms with Crippen molar-refractivity contribution in [2.45, 2.75) is 49.2 Å². The minimum Gasteiger partial charge on any atom is -0.490 e. The number of alkyl halides is 3. The maximum Gasteiger partial charge on any atom is 0.391 e. The summed E-state index contributed by atoms with van der Waals surface area (Å²) in [6.45, 7) is 0.936. The van der Waals surface area contributed by atoms with Crippen molar-refractivity contribution in [3.63, 3.8) is 0 Å². The molecule has 25 heavy (non-hydrogen) atoms. The van der Waals surface area contributed by atoms with Crippen LogP contribution in [0.1, 0.15) is 32.1 Å². The summed E-state index contributed by atoms with van der Waals surface area (Å²) in [4.78, 5) is 0.0229. The predicted octanol–water partition coefficient (Wildman–Crippen LogP) is 3.25. The van der Waals surface area contributed by atoms with E-state index in [2.05, 4.69) is 4.72 Å². The molecule has 0 radical (unpaired) electrons. The van der Waals surface area contributed by atoms with E-state index in [4.69, 9.17) is 9.47 Å². The van der Waals surface area contributed by atoms with Gasteiger partial charge in [-0.15, -0.1) is 0 Å². The fraction of sp³-hybridized carbons (Fsp3) is 0.625. The zero-order chi connectivity index (χ0) is 18.1. The summed E-state index contributed by atoms with van der Waals surface area (Å²) in [6, 6.07) is 3.86. The van der Waals surface area contributed by atoms with Gasteiger partial charge in [-0.2, -0.15) is 13.2 Å². The van der Waals surface area contributed by atoms with Crippen LogP contribution in [-0.2, 0) is 10.0 Å². The molecule has 1 fully saturated rings. The Balaban J connectivity index is 1.68. The SMILES string of the molecule is O=S(=O)(NC1CCC(C(F)(F)F)CC1)c1ccc2c(c1)OCCCO2. The lowest BCUT2D eigenvalue weighted by atomic mass is 9.86. The molecule has 0 aromatic heterocycles. The van der Waals surface area contributed by atoms with Crippen molar-refractivity contribution in [1.82, 2.24) is 4.72 Å². The first-order valence-electron chi connectivity index (χ1n) is 8.24. The maximum atomic E-state index is 12.7. The van der Waals surface area contributed by atoms with Crippen molar-refractivity contribution in [1.29, 1.82) is 0 Å². The molecule has 140 valence electrons. The highest BCUT2D eigenvalue weighted by Crippen LogP contribution is 2.38. The van der Waals surface area contributed by atoms with Gasteiger partial charge in [-0.05, 0) is 37.8 Å². The highest BCUT2D eigenvalue weighted by molar-refractivity contribution is 7.89. The third kappa shape index (κ3) is 4.38. The Morgan fingerprint density at radius 3 is 2.28 bits per heavy atom. The summed E-state index contributed by atoms with van der Waals surface area (Å²) in [6.07, 6.45) is -3.27. The average molecular weight is 379 g/mol. The summed E-state index contributed by atoms with van der Waals surface area (Å²) in [5.74, 6) is -0.491. The maximum absolute atomic E-state index is 12.7. The molecule has 1 aliphatic carbocycles. The van der Waals surface area contributed by atoms with E-state index in [1.54, 1.807) is 0 Å². The molecular formula is C16H20F3NO4S. The van der Waals surface area contributed by atoms with E-state index < -0.39 is 28.2 Å². The molecule has 0 saturated heterocycles. The summed E-state index contributed by atoms with van der Waals surface area (Å²) in [7, 11) is -3.83. The lowest BCUT2D eigenvalue weighted by Crippen LogP contribution is -2.39. The van der Waals surface area contributed by atoms with Crippen LogP contribution < -0.4 is 14.2 Å². The molecule has 1 saturated carbocycles. The Kier molecular flexibility index (Phi) is 5.15. The van der Waals surface area contributed by atoms with Crippen molar-refractivity contribution in [2.24, 2.45) is 5.92 Å². The van der Waals surface area contributed by atoms with Gasteiger partial charge in [0, 0.05) is 18.5 Å². The van der Waals surface area contributed by atoms with Crippen LogP contribution in [0.2, 0.25) is 0 Å². The quantitative estimate of drug-likeness (QED) is 0.876. The molecule has 5 nitrogen and oxygen atoms in total. The third-order valence-corrected chi connectivity index (χ3v) is 6.06. The number of fused-ring (bicyclic) bond motifs is 1. The van der Waals surface area contributed by atoms with Gasteiger partial charge < -0.3 is 9.47 Å². The van der Waals surface area contributed by atoms with Gasteiger partial charge in [0.15, 0.2) is 11.5 Å². The van der Waals surface area contributed by atoms with Gasteiger partial charge in [-0.1, -0.05) is 0 Å². The smallest absolute Gasteiger partial charge is 0.391 e. The second-order valence-corrected chi connectivity index (χ2v) is 8.08. The Labute approximate surface area is 144 Å². The first kappa shape index (κ1) is 18.3. The first-order valence-corrected chi connectivity index (χ1v) is 9.73. The summed E-state index contributed by atoms with van der Waals surface area (Å²) >= 11 is 0. The van der Waals surface area contributed by atoms with Gasteiger partial charge in [0.2, 0.25) is 10.0 Å². The zero-order valence-electron chi connectivity index (χ0n) is 13.5. The predicted molar refractivity (Wildman–Crippen MR) is 84.2 cm³/mol. The van der Waals surface area contributed by atoms with Crippen molar-refractivity contribution < 1.29 is 31.1 Å². The van der Waals surface area contributed by atoms with E-state index in [0.717, 1.165) is 0 Å². The van der Waals surface area contributed by atoms with Crippen molar-refractivity contribution in [3.05, 3.63) is 18.2 Å². The molecule has 0 amide bonds. The number of benzene rings is 1.